The summed E-state index contributed by atoms with van der Waals surface area (Å²) in [6.45, 7) is 0. The predicted octanol–water partition coefficient (Wildman–Crippen LogP) is 1.74. The maximum absolute atomic E-state index is 12.1. The molecule has 1 aromatic rings. The summed E-state index contributed by atoms with van der Waals surface area (Å²) < 4.78 is 30.6. The van der Waals surface area contributed by atoms with E-state index in [9.17, 15) is 18.0 Å². The van der Waals surface area contributed by atoms with Crippen LogP contribution in [0, 0.1) is 0 Å². The third-order valence-corrected chi connectivity index (χ3v) is 5.60. The average molecular weight is 376 g/mol. The van der Waals surface area contributed by atoms with Gasteiger partial charge in [-0.1, -0.05) is 23.2 Å². The molecule has 1 rings (SSSR count). The number of sulfonamides is 1. The third-order valence-electron chi connectivity index (χ3n) is 2.38. The van der Waals surface area contributed by atoms with Crippen molar-refractivity contribution in [3.8, 4) is 0 Å². The van der Waals surface area contributed by atoms with Crippen molar-refractivity contribution >= 4 is 56.5 Å². The molecule has 0 aromatic carbocycles. The first-order valence-corrected chi connectivity index (χ1v) is 8.49. The number of nitrogens with one attached hydrogen (secondary N) is 1. The highest BCUT2D eigenvalue weighted by Crippen LogP contribution is 2.34. The summed E-state index contributed by atoms with van der Waals surface area (Å²) in [4.78, 5) is 21.8. The van der Waals surface area contributed by atoms with E-state index in [-0.39, 0.29) is 26.4 Å². The summed E-state index contributed by atoms with van der Waals surface area (Å²) >= 11 is 12.2. The number of hydrogen-bond donors (Lipinski definition) is 2. The summed E-state index contributed by atoms with van der Waals surface area (Å²) in [5.41, 5.74) is 0. The number of halogens is 2. The van der Waals surface area contributed by atoms with E-state index < -0.39 is 28.0 Å². The molecule has 1 heterocycles. The first-order chi connectivity index (χ1) is 9.67. The van der Waals surface area contributed by atoms with Crippen molar-refractivity contribution in [1.82, 2.24) is 4.72 Å². The number of aliphatic carboxylic acids is 1. The number of esters is 1. The van der Waals surface area contributed by atoms with Gasteiger partial charge < -0.3 is 9.84 Å². The van der Waals surface area contributed by atoms with Crippen LogP contribution in [0.3, 0.4) is 0 Å². The smallest absolute Gasteiger partial charge is 0.321 e. The van der Waals surface area contributed by atoms with E-state index in [1.54, 1.807) is 0 Å². The molecule has 0 bridgehead atoms. The lowest BCUT2D eigenvalue weighted by Crippen LogP contribution is -2.41. The topological polar surface area (TPSA) is 110 Å². The second-order valence-electron chi connectivity index (χ2n) is 3.82. The zero-order valence-electron chi connectivity index (χ0n) is 10.6. The van der Waals surface area contributed by atoms with Crippen molar-refractivity contribution < 1.29 is 27.9 Å². The highest BCUT2D eigenvalue weighted by molar-refractivity contribution is 7.89. The van der Waals surface area contributed by atoms with Crippen molar-refractivity contribution in [2.45, 2.75) is 23.8 Å². The predicted molar refractivity (Wildman–Crippen MR) is 77.3 cm³/mol. The Labute approximate surface area is 134 Å². The normalized spacial score (nSPS) is 12.9. The Kier molecular flexibility index (Phi) is 6.41. The average Bonchev–Trinajstić information content (AvgIpc) is 2.73. The Bertz CT molecular complexity index is 642. The standard InChI is InChI=1S/C10H11Cl2NO6S2/c1-19-8(14)3-2-5(10(15)16)13-21(17,18)6-4-7(11)20-9(6)12/h4-5,13H,2-3H2,1H3,(H,15,16). The van der Waals surface area contributed by atoms with Crippen LogP contribution in [0.5, 0.6) is 0 Å². The maximum atomic E-state index is 12.1. The van der Waals surface area contributed by atoms with E-state index in [4.69, 9.17) is 28.3 Å². The molecule has 0 radical (unpaired) electrons. The second-order valence-corrected chi connectivity index (χ2v) is 7.78. The Morgan fingerprint density at radius 1 is 1.48 bits per heavy atom. The molecule has 1 atom stereocenters. The summed E-state index contributed by atoms with van der Waals surface area (Å²) in [5, 5.41) is 9.01. The molecule has 118 valence electrons. The largest absolute Gasteiger partial charge is 0.480 e. The van der Waals surface area contributed by atoms with Gasteiger partial charge in [-0.3, -0.25) is 9.59 Å². The molecule has 0 aliphatic carbocycles. The highest BCUT2D eigenvalue weighted by atomic mass is 35.5. The van der Waals surface area contributed by atoms with Crippen molar-refractivity contribution in [3.05, 3.63) is 14.7 Å². The number of carbonyl (C=O) groups excluding carboxylic acids is 1. The molecular weight excluding hydrogens is 365 g/mol. The van der Waals surface area contributed by atoms with E-state index in [1.165, 1.54) is 0 Å². The third kappa shape index (κ3) is 5.11. The summed E-state index contributed by atoms with van der Waals surface area (Å²) in [6.07, 6.45) is -0.495. The van der Waals surface area contributed by atoms with Gasteiger partial charge in [0.05, 0.1) is 11.4 Å². The lowest BCUT2D eigenvalue weighted by molar-refractivity contribution is -0.142. The van der Waals surface area contributed by atoms with Gasteiger partial charge in [-0.05, 0) is 12.5 Å². The molecule has 7 nitrogen and oxygen atoms in total. The van der Waals surface area contributed by atoms with Crippen molar-refractivity contribution in [3.63, 3.8) is 0 Å². The van der Waals surface area contributed by atoms with Crippen molar-refractivity contribution in [1.29, 1.82) is 0 Å². The van der Waals surface area contributed by atoms with Crippen LogP contribution in [0.1, 0.15) is 12.8 Å². The zero-order chi connectivity index (χ0) is 16.2. The van der Waals surface area contributed by atoms with Gasteiger partial charge in [-0.2, -0.15) is 4.72 Å². The maximum Gasteiger partial charge on any atom is 0.321 e. The Hall–Kier alpha value is -0.870. The van der Waals surface area contributed by atoms with E-state index in [2.05, 4.69) is 4.74 Å². The molecule has 0 saturated heterocycles. The molecule has 0 saturated carbocycles. The molecule has 21 heavy (non-hydrogen) atoms. The van der Waals surface area contributed by atoms with E-state index in [1.807, 2.05) is 4.72 Å². The number of hydrogen-bond acceptors (Lipinski definition) is 6. The van der Waals surface area contributed by atoms with Crippen LogP contribution in [-0.4, -0.2) is 38.6 Å². The van der Waals surface area contributed by atoms with Gasteiger partial charge in [0.2, 0.25) is 10.0 Å². The van der Waals surface area contributed by atoms with E-state index >= 15 is 0 Å². The fourth-order valence-electron chi connectivity index (χ4n) is 1.36. The highest BCUT2D eigenvalue weighted by Gasteiger charge is 2.28. The van der Waals surface area contributed by atoms with Gasteiger partial charge in [0.1, 0.15) is 15.3 Å². The van der Waals surface area contributed by atoms with Crippen LogP contribution in [0.2, 0.25) is 8.67 Å². The lowest BCUT2D eigenvalue weighted by atomic mass is 10.2. The molecule has 0 amide bonds. The molecule has 0 aliphatic rings. The van der Waals surface area contributed by atoms with Gasteiger partial charge >= 0.3 is 11.9 Å². The van der Waals surface area contributed by atoms with Gasteiger partial charge in [-0.15, -0.1) is 11.3 Å². The molecule has 0 spiro atoms. The minimum absolute atomic E-state index is 0.0791. The van der Waals surface area contributed by atoms with Crippen LogP contribution >= 0.6 is 34.5 Å². The monoisotopic (exact) mass is 375 g/mol. The first kappa shape index (κ1) is 18.2. The van der Waals surface area contributed by atoms with E-state index in [0.717, 1.165) is 24.5 Å². The SMILES string of the molecule is COC(=O)CCC(NS(=O)(=O)c1cc(Cl)sc1Cl)C(=O)O. The van der Waals surface area contributed by atoms with Gasteiger partial charge in [0.25, 0.3) is 0 Å². The van der Waals surface area contributed by atoms with Crippen LogP contribution in [0.4, 0.5) is 0 Å². The minimum Gasteiger partial charge on any atom is -0.480 e. The summed E-state index contributed by atoms with van der Waals surface area (Å²) in [6, 6.07) is -0.361. The van der Waals surface area contributed by atoms with Gasteiger partial charge in [-0.25, -0.2) is 8.42 Å². The summed E-state index contributed by atoms with van der Waals surface area (Å²) in [5.74, 6) is -2.06. The Morgan fingerprint density at radius 3 is 2.52 bits per heavy atom. The van der Waals surface area contributed by atoms with E-state index in [0.29, 0.717) is 0 Å². The van der Waals surface area contributed by atoms with Crippen LogP contribution in [0.15, 0.2) is 11.0 Å². The van der Waals surface area contributed by atoms with Crippen LogP contribution in [0.25, 0.3) is 0 Å². The van der Waals surface area contributed by atoms with Crippen molar-refractivity contribution in [2.24, 2.45) is 0 Å². The van der Waals surface area contributed by atoms with Crippen LogP contribution < -0.4 is 4.72 Å². The zero-order valence-corrected chi connectivity index (χ0v) is 13.8. The fraction of sp³-hybridized carbons (Fsp3) is 0.400. The molecule has 0 fully saturated rings. The Morgan fingerprint density at radius 2 is 2.10 bits per heavy atom. The number of rotatable bonds is 7. The number of ether oxygens (including phenoxy) is 1. The molecule has 11 heteroatoms. The quantitative estimate of drug-likeness (QED) is 0.702. The number of carboxylic acid groups (broad SMARTS) is 1. The van der Waals surface area contributed by atoms with Gasteiger partial charge in [0.15, 0.2) is 0 Å². The second kappa shape index (κ2) is 7.41. The molecule has 0 aliphatic heterocycles. The number of carboxylic acids is 1. The first-order valence-electron chi connectivity index (χ1n) is 5.44. The van der Waals surface area contributed by atoms with Crippen molar-refractivity contribution in [2.75, 3.05) is 7.11 Å². The number of thiophene rings is 1. The fourth-order valence-corrected chi connectivity index (χ4v) is 4.73. The number of carbonyl (C=O) groups is 2. The molecule has 2 N–H and O–H groups in total. The Balaban J connectivity index is 2.90. The van der Waals surface area contributed by atoms with Gasteiger partial charge in [0, 0.05) is 6.42 Å². The molecule has 1 unspecified atom stereocenters. The number of methoxy groups -OCH3 is 1. The summed E-state index contributed by atoms with van der Waals surface area (Å²) in [7, 11) is -3.01. The lowest BCUT2D eigenvalue weighted by Gasteiger charge is -2.13. The molecule has 1 aromatic heterocycles. The minimum atomic E-state index is -4.16. The molecular formula is C10H11Cl2NO6S2. The van der Waals surface area contributed by atoms with Crippen LogP contribution in [-0.2, 0) is 24.3 Å².